The number of anilines is 4. The van der Waals surface area contributed by atoms with Crippen LogP contribution < -0.4 is 27.0 Å². The maximum atomic E-state index is 12.3. The van der Waals surface area contributed by atoms with Gasteiger partial charge in [-0.1, -0.05) is 81.5 Å². The smallest absolute Gasteiger partial charge is 0.233 e. The van der Waals surface area contributed by atoms with Crippen LogP contribution in [0.5, 0.6) is 0 Å². The molecule has 11 heteroatoms. The Labute approximate surface area is 262 Å². The van der Waals surface area contributed by atoms with E-state index in [0.717, 1.165) is 30.6 Å². The first kappa shape index (κ1) is 34.7. The molecule has 11 nitrogen and oxygen atoms in total. The number of amides is 1. The molecule has 240 valence electrons. The molecular formula is C33H50N8O3. The molecule has 0 spiro atoms. The van der Waals surface area contributed by atoms with E-state index in [9.17, 15) is 4.79 Å². The number of hydrogen-bond donors (Lipinski definition) is 5. The second kappa shape index (κ2) is 21.8. The molecule has 0 saturated heterocycles. The van der Waals surface area contributed by atoms with Gasteiger partial charge in [-0.05, 0) is 36.1 Å². The van der Waals surface area contributed by atoms with E-state index in [2.05, 4.69) is 55.3 Å². The molecule has 0 aliphatic rings. The average Bonchev–Trinajstić information content (AvgIpc) is 3.03. The van der Waals surface area contributed by atoms with Crippen LogP contribution in [0.3, 0.4) is 0 Å². The summed E-state index contributed by atoms with van der Waals surface area (Å²) in [5, 5.41) is 12.9. The van der Waals surface area contributed by atoms with Crippen LogP contribution in [0, 0.1) is 0 Å². The molecule has 0 bridgehead atoms. The van der Waals surface area contributed by atoms with Gasteiger partial charge in [0.1, 0.15) is 0 Å². The molecule has 6 N–H and O–H groups in total. The minimum atomic E-state index is -0.0570. The predicted molar refractivity (Wildman–Crippen MR) is 177 cm³/mol. The highest BCUT2D eigenvalue weighted by molar-refractivity contribution is 5.78. The van der Waals surface area contributed by atoms with Crippen LogP contribution in [0.15, 0.2) is 54.6 Å². The van der Waals surface area contributed by atoms with Crippen LogP contribution in [0.4, 0.5) is 23.5 Å². The van der Waals surface area contributed by atoms with E-state index in [-0.39, 0.29) is 12.3 Å². The van der Waals surface area contributed by atoms with Crippen LogP contribution in [0.1, 0.15) is 56.6 Å². The zero-order valence-corrected chi connectivity index (χ0v) is 26.2. The van der Waals surface area contributed by atoms with Gasteiger partial charge in [0, 0.05) is 31.9 Å². The second-order valence-electron chi connectivity index (χ2n) is 10.5. The summed E-state index contributed by atoms with van der Waals surface area (Å²) in [6.45, 7) is 6.63. The molecular weight excluding hydrogens is 556 g/mol. The van der Waals surface area contributed by atoms with Crippen molar-refractivity contribution in [3.8, 4) is 0 Å². The maximum Gasteiger partial charge on any atom is 0.233 e. The number of aromatic nitrogens is 3. The topological polar surface area (TPSA) is 148 Å². The molecule has 3 aromatic rings. The molecule has 0 saturated carbocycles. The molecule has 3 rings (SSSR count). The van der Waals surface area contributed by atoms with Crippen molar-refractivity contribution in [2.24, 2.45) is 5.73 Å². The van der Waals surface area contributed by atoms with Crippen molar-refractivity contribution in [1.82, 2.24) is 20.3 Å². The number of ether oxygens (including phenoxy) is 2. The van der Waals surface area contributed by atoms with Gasteiger partial charge < -0.3 is 36.5 Å². The van der Waals surface area contributed by atoms with E-state index in [1.807, 2.05) is 42.5 Å². The number of unbranched alkanes of at least 4 members (excludes halogenated alkanes) is 5. The van der Waals surface area contributed by atoms with E-state index >= 15 is 0 Å². The van der Waals surface area contributed by atoms with Gasteiger partial charge in [-0.25, -0.2) is 0 Å². The largest absolute Gasteiger partial charge is 0.378 e. The highest BCUT2D eigenvalue weighted by Crippen LogP contribution is 2.17. The van der Waals surface area contributed by atoms with Crippen molar-refractivity contribution in [3.63, 3.8) is 0 Å². The average molecular weight is 607 g/mol. The summed E-state index contributed by atoms with van der Waals surface area (Å²) >= 11 is 0. The van der Waals surface area contributed by atoms with Gasteiger partial charge in [-0.2, -0.15) is 15.0 Å². The molecule has 0 radical (unpaired) electrons. The molecule has 0 aliphatic carbocycles. The van der Waals surface area contributed by atoms with E-state index in [0.29, 0.717) is 63.9 Å². The fraction of sp³-hybridized carbons (Fsp3) is 0.515. The molecule has 2 aromatic carbocycles. The molecule has 0 fully saturated rings. The number of hydrogen-bond acceptors (Lipinski definition) is 10. The van der Waals surface area contributed by atoms with Gasteiger partial charge >= 0.3 is 0 Å². The molecule has 0 aliphatic heterocycles. The number of benzene rings is 2. The van der Waals surface area contributed by atoms with Gasteiger partial charge in [0.25, 0.3) is 0 Å². The third kappa shape index (κ3) is 15.1. The summed E-state index contributed by atoms with van der Waals surface area (Å²) in [6.07, 6.45) is 8.50. The van der Waals surface area contributed by atoms with Crippen molar-refractivity contribution in [3.05, 3.63) is 65.7 Å². The quantitative estimate of drug-likeness (QED) is 0.0909. The van der Waals surface area contributed by atoms with Crippen molar-refractivity contribution < 1.29 is 14.3 Å². The standard InChI is InChI=1S/C33H50N8O3/c1-2-3-4-5-6-10-19-36-31-39-32(37-20-17-27-11-8-7-9-12-27)41-33(40-31)38-29-15-13-28(14-16-29)26-30(42)35-21-23-44-25-24-43-22-18-34/h7-9,11-16H,2-6,10,17-26,34H2,1H3,(H,35,42)(H3,36,37,38,39,40,41). The lowest BCUT2D eigenvalue weighted by atomic mass is 10.1. The van der Waals surface area contributed by atoms with Crippen LogP contribution in [-0.4, -0.2) is 73.5 Å². The summed E-state index contributed by atoms with van der Waals surface area (Å²) in [7, 11) is 0. The van der Waals surface area contributed by atoms with E-state index in [4.69, 9.17) is 15.2 Å². The molecule has 1 amide bonds. The SMILES string of the molecule is CCCCCCCCNc1nc(NCCc2ccccc2)nc(Nc2ccc(CC(=O)NCCOCCOCCN)cc2)n1. The fourth-order valence-electron chi connectivity index (χ4n) is 4.41. The zero-order chi connectivity index (χ0) is 31.1. The van der Waals surface area contributed by atoms with Gasteiger partial charge in [-0.15, -0.1) is 0 Å². The lowest BCUT2D eigenvalue weighted by molar-refractivity contribution is -0.120. The molecule has 44 heavy (non-hydrogen) atoms. The number of carbonyl (C=O) groups excluding carboxylic acids is 1. The highest BCUT2D eigenvalue weighted by atomic mass is 16.5. The molecule has 0 atom stereocenters. The Hall–Kier alpha value is -3.80. The summed E-state index contributed by atoms with van der Waals surface area (Å²) in [5.74, 6) is 1.45. The number of nitrogens with one attached hydrogen (secondary N) is 4. The number of carbonyl (C=O) groups is 1. The van der Waals surface area contributed by atoms with Crippen molar-refractivity contribution in [1.29, 1.82) is 0 Å². The first-order chi connectivity index (χ1) is 21.7. The van der Waals surface area contributed by atoms with Crippen LogP contribution in [0.25, 0.3) is 0 Å². The first-order valence-electron chi connectivity index (χ1n) is 15.9. The Kier molecular flexibility index (Phi) is 17.2. The Bertz CT molecular complexity index is 1180. The third-order valence-electron chi connectivity index (χ3n) is 6.77. The van der Waals surface area contributed by atoms with Crippen LogP contribution in [-0.2, 0) is 27.1 Å². The van der Waals surface area contributed by atoms with Gasteiger partial charge in [-0.3, -0.25) is 4.79 Å². The Balaban J connectivity index is 1.49. The minimum absolute atomic E-state index is 0.0570. The monoisotopic (exact) mass is 606 g/mol. The number of rotatable bonds is 24. The number of nitrogens with zero attached hydrogens (tertiary/aromatic N) is 3. The second-order valence-corrected chi connectivity index (χ2v) is 10.5. The lowest BCUT2D eigenvalue weighted by Gasteiger charge is -2.12. The summed E-state index contributed by atoms with van der Waals surface area (Å²) in [4.78, 5) is 26.1. The van der Waals surface area contributed by atoms with Gasteiger partial charge in [0.15, 0.2) is 0 Å². The first-order valence-corrected chi connectivity index (χ1v) is 15.9. The fourth-order valence-corrected chi connectivity index (χ4v) is 4.41. The summed E-state index contributed by atoms with van der Waals surface area (Å²) in [6, 6.07) is 18.0. The van der Waals surface area contributed by atoms with Crippen LogP contribution >= 0.6 is 0 Å². The summed E-state index contributed by atoms with van der Waals surface area (Å²) < 4.78 is 10.7. The Morgan fingerprint density at radius 2 is 1.36 bits per heavy atom. The molecule has 1 aromatic heterocycles. The summed E-state index contributed by atoms with van der Waals surface area (Å²) in [5.41, 5.74) is 8.35. The minimum Gasteiger partial charge on any atom is -0.378 e. The predicted octanol–water partition coefficient (Wildman–Crippen LogP) is 4.69. The highest BCUT2D eigenvalue weighted by Gasteiger charge is 2.09. The van der Waals surface area contributed by atoms with Crippen molar-refractivity contribution in [2.75, 3.05) is 68.6 Å². The molecule has 0 unspecified atom stereocenters. The Morgan fingerprint density at radius 1 is 0.705 bits per heavy atom. The molecule has 1 heterocycles. The normalized spacial score (nSPS) is 10.9. The van der Waals surface area contributed by atoms with Gasteiger partial charge in [0.05, 0.1) is 32.8 Å². The Morgan fingerprint density at radius 3 is 2.09 bits per heavy atom. The zero-order valence-electron chi connectivity index (χ0n) is 26.2. The van der Waals surface area contributed by atoms with E-state index < -0.39 is 0 Å². The number of nitrogens with two attached hydrogens (primary N) is 1. The van der Waals surface area contributed by atoms with E-state index in [1.165, 1.54) is 37.7 Å². The van der Waals surface area contributed by atoms with E-state index in [1.54, 1.807) is 0 Å². The van der Waals surface area contributed by atoms with Crippen molar-refractivity contribution in [2.45, 2.75) is 58.3 Å². The van der Waals surface area contributed by atoms with Crippen LogP contribution in [0.2, 0.25) is 0 Å². The third-order valence-corrected chi connectivity index (χ3v) is 6.77. The maximum absolute atomic E-state index is 12.3. The van der Waals surface area contributed by atoms with Crippen molar-refractivity contribution >= 4 is 29.4 Å². The van der Waals surface area contributed by atoms with Gasteiger partial charge in [0.2, 0.25) is 23.8 Å². The lowest BCUT2D eigenvalue weighted by Crippen LogP contribution is -2.29.